The fourth-order valence-electron chi connectivity index (χ4n) is 5.28. The minimum Gasteiger partial charge on any atom is -0.508 e. The van der Waals surface area contributed by atoms with E-state index in [-0.39, 0.29) is 5.92 Å². The third kappa shape index (κ3) is 3.29. The number of benzene rings is 3. The Morgan fingerprint density at radius 1 is 0.862 bits per heavy atom. The van der Waals surface area contributed by atoms with Crippen molar-refractivity contribution < 1.29 is 14.9 Å². The maximum absolute atomic E-state index is 10.2. The van der Waals surface area contributed by atoms with E-state index in [0.717, 1.165) is 23.9 Å². The maximum Gasteiger partial charge on any atom is 0.119 e. The van der Waals surface area contributed by atoms with Crippen molar-refractivity contribution in [2.45, 2.75) is 24.7 Å². The first kappa shape index (κ1) is 18.6. The van der Waals surface area contributed by atoms with Gasteiger partial charge in [-0.3, -0.25) is 0 Å². The van der Waals surface area contributed by atoms with E-state index in [2.05, 4.69) is 46.3 Å². The van der Waals surface area contributed by atoms with Crippen molar-refractivity contribution in [1.82, 2.24) is 0 Å². The molecular weight excluding hydrogens is 428 g/mol. The van der Waals surface area contributed by atoms with Gasteiger partial charge < -0.3 is 14.9 Å². The van der Waals surface area contributed by atoms with Gasteiger partial charge in [-0.2, -0.15) is 0 Å². The molecule has 0 bridgehead atoms. The Hall–Kier alpha value is -2.46. The Labute approximate surface area is 179 Å². The second kappa shape index (κ2) is 7.42. The fourth-order valence-corrected chi connectivity index (χ4v) is 5.44. The molecule has 3 atom stereocenters. The third-order valence-corrected chi connectivity index (χ3v) is 6.72. The predicted molar refractivity (Wildman–Crippen MR) is 117 cm³/mol. The van der Waals surface area contributed by atoms with Crippen LogP contribution in [0.1, 0.15) is 39.7 Å². The van der Waals surface area contributed by atoms with Gasteiger partial charge in [-0.25, -0.2) is 0 Å². The summed E-state index contributed by atoms with van der Waals surface area (Å²) in [5.74, 6) is 2.51. The van der Waals surface area contributed by atoms with Crippen molar-refractivity contribution in [2.24, 2.45) is 5.92 Å². The second-order valence-corrected chi connectivity index (χ2v) is 8.83. The largest absolute Gasteiger partial charge is 0.508 e. The lowest BCUT2D eigenvalue weighted by atomic mass is 9.67. The average molecular weight is 451 g/mol. The summed E-state index contributed by atoms with van der Waals surface area (Å²) in [5.41, 5.74) is 6.32. The molecule has 2 N–H and O–H groups in total. The quantitative estimate of drug-likeness (QED) is 0.514. The molecule has 0 aromatic heterocycles. The molecule has 3 nitrogen and oxygen atoms in total. The van der Waals surface area contributed by atoms with Gasteiger partial charge in [0.15, 0.2) is 0 Å². The van der Waals surface area contributed by atoms with Gasteiger partial charge in [-0.1, -0.05) is 40.2 Å². The van der Waals surface area contributed by atoms with Crippen LogP contribution in [-0.4, -0.2) is 22.2 Å². The highest BCUT2D eigenvalue weighted by Gasteiger charge is 2.43. The van der Waals surface area contributed by atoms with Gasteiger partial charge in [0.2, 0.25) is 0 Å². The molecular formula is C25H23BrO3. The molecule has 2 aliphatic rings. The van der Waals surface area contributed by atoms with Crippen molar-refractivity contribution in [1.29, 1.82) is 0 Å². The summed E-state index contributed by atoms with van der Waals surface area (Å²) in [7, 11) is 0. The van der Waals surface area contributed by atoms with Crippen LogP contribution in [0.25, 0.3) is 0 Å². The number of hydrogen-bond acceptors (Lipinski definition) is 3. The van der Waals surface area contributed by atoms with E-state index in [9.17, 15) is 10.2 Å². The summed E-state index contributed by atoms with van der Waals surface area (Å²) >= 11 is 3.42. The van der Waals surface area contributed by atoms with E-state index in [1.165, 1.54) is 27.8 Å². The summed E-state index contributed by atoms with van der Waals surface area (Å²) in [6.07, 6.45) is 1.90. The van der Waals surface area contributed by atoms with Crippen molar-refractivity contribution in [3.8, 4) is 17.2 Å². The maximum atomic E-state index is 10.2. The number of phenolic OH excluding ortho intramolecular Hbond substituents is 2. The topological polar surface area (TPSA) is 49.7 Å². The number of fused-ring (bicyclic) bond motifs is 4. The van der Waals surface area contributed by atoms with Gasteiger partial charge in [0.25, 0.3) is 0 Å². The molecule has 29 heavy (non-hydrogen) atoms. The van der Waals surface area contributed by atoms with Crippen LogP contribution in [0.5, 0.6) is 17.2 Å². The molecule has 0 aliphatic heterocycles. The molecule has 5 rings (SSSR count). The molecule has 0 fully saturated rings. The fraction of sp³-hybridized carbons (Fsp3) is 0.280. The van der Waals surface area contributed by atoms with Crippen LogP contribution in [0, 0.1) is 5.92 Å². The zero-order valence-electron chi connectivity index (χ0n) is 16.0. The molecule has 0 radical (unpaired) electrons. The molecule has 148 valence electrons. The minimum absolute atomic E-state index is 0.179. The van der Waals surface area contributed by atoms with Gasteiger partial charge in [0.05, 0.1) is 6.61 Å². The van der Waals surface area contributed by atoms with Gasteiger partial charge in [0.1, 0.15) is 17.2 Å². The van der Waals surface area contributed by atoms with Crippen LogP contribution >= 0.6 is 15.9 Å². The molecule has 0 spiro atoms. The SMILES string of the molecule is Oc1ccc2c(c1)C[C@H]1[C@H](c3cccc(OCCBr)c3)c3cc(O)ccc3C[C@@H]21. The Morgan fingerprint density at radius 3 is 2.55 bits per heavy atom. The number of hydrogen-bond donors (Lipinski definition) is 2. The highest BCUT2D eigenvalue weighted by atomic mass is 79.9. The van der Waals surface area contributed by atoms with E-state index in [4.69, 9.17) is 4.74 Å². The van der Waals surface area contributed by atoms with Gasteiger partial charge in [0, 0.05) is 11.2 Å². The first-order valence-corrected chi connectivity index (χ1v) is 11.2. The third-order valence-electron chi connectivity index (χ3n) is 6.39. The first-order valence-electron chi connectivity index (χ1n) is 10.1. The molecule has 3 aromatic rings. The zero-order valence-corrected chi connectivity index (χ0v) is 17.6. The Kier molecular flexibility index (Phi) is 4.75. The Balaban J connectivity index is 1.62. The van der Waals surface area contributed by atoms with Gasteiger partial charge in [-0.15, -0.1) is 0 Å². The second-order valence-electron chi connectivity index (χ2n) is 8.03. The Morgan fingerprint density at radius 2 is 1.69 bits per heavy atom. The molecule has 2 aliphatic carbocycles. The normalized spacial score (nSPS) is 21.9. The van der Waals surface area contributed by atoms with Crippen molar-refractivity contribution in [3.05, 3.63) is 88.5 Å². The molecule has 3 aromatic carbocycles. The summed E-state index contributed by atoms with van der Waals surface area (Å²) in [6, 6.07) is 20.0. The van der Waals surface area contributed by atoms with E-state index in [0.29, 0.717) is 29.9 Å². The summed E-state index contributed by atoms with van der Waals surface area (Å²) in [6.45, 7) is 0.627. The number of phenols is 2. The van der Waals surface area contributed by atoms with Gasteiger partial charge in [-0.05, 0) is 88.9 Å². The lowest BCUT2D eigenvalue weighted by Gasteiger charge is -2.37. The summed E-state index contributed by atoms with van der Waals surface area (Å²) in [4.78, 5) is 0. The van der Waals surface area contributed by atoms with Crippen molar-refractivity contribution in [3.63, 3.8) is 0 Å². The number of rotatable bonds is 4. The minimum atomic E-state index is 0.179. The lowest BCUT2D eigenvalue weighted by Crippen LogP contribution is -2.26. The number of alkyl halides is 1. The van der Waals surface area contributed by atoms with Crippen LogP contribution in [-0.2, 0) is 12.8 Å². The highest BCUT2D eigenvalue weighted by molar-refractivity contribution is 9.09. The van der Waals surface area contributed by atoms with Crippen LogP contribution in [0.4, 0.5) is 0 Å². The molecule has 0 unspecified atom stereocenters. The highest BCUT2D eigenvalue weighted by Crippen LogP contribution is 2.54. The molecule has 0 saturated heterocycles. The van der Waals surface area contributed by atoms with Crippen LogP contribution in [0.2, 0.25) is 0 Å². The zero-order chi connectivity index (χ0) is 20.0. The number of aromatic hydroxyl groups is 2. The van der Waals surface area contributed by atoms with E-state index in [1.807, 2.05) is 18.2 Å². The predicted octanol–water partition coefficient (Wildman–Crippen LogP) is 5.52. The smallest absolute Gasteiger partial charge is 0.119 e. The Bertz CT molecular complexity index is 1060. The van der Waals surface area contributed by atoms with Crippen molar-refractivity contribution >= 4 is 15.9 Å². The number of ether oxygens (including phenoxy) is 1. The molecule has 0 saturated carbocycles. The lowest BCUT2D eigenvalue weighted by molar-refractivity contribution is 0.342. The van der Waals surface area contributed by atoms with Crippen LogP contribution < -0.4 is 4.74 Å². The van der Waals surface area contributed by atoms with E-state index < -0.39 is 0 Å². The van der Waals surface area contributed by atoms with E-state index in [1.54, 1.807) is 12.1 Å². The average Bonchev–Trinajstić information content (AvgIpc) is 3.07. The molecule has 4 heteroatoms. The molecule has 0 heterocycles. The molecule has 0 amide bonds. The van der Waals surface area contributed by atoms with Crippen LogP contribution in [0.15, 0.2) is 60.7 Å². The summed E-state index contributed by atoms with van der Waals surface area (Å²) in [5, 5.41) is 21.0. The first-order chi connectivity index (χ1) is 14.1. The number of halogens is 1. The van der Waals surface area contributed by atoms with Gasteiger partial charge >= 0.3 is 0 Å². The van der Waals surface area contributed by atoms with Crippen LogP contribution in [0.3, 0.4) is 0 Å². The van der Waals surface area contributed by atoms with E-state index >= 15 is 0 Å². The monoisotopic (exact) mass is 450 g/mol. The summed E-state index contributed by atoms with van der Waals surface area (Å²) < 4.78 is 5.86. The van der Waals surface area contributed by atoms with Crippen molar-refractivity contribution in [2.75, 3.05) is 11.9 Å². The standard InChI is InChI=1S/C25H23BrO3/c26-8-9-29-20-3-1-2-16(11-20)25-22-14-19(28)5-4-15(22)12-23-21-7-6-18(27)10-17(21)13-24(23)25/h1-7,10-11,14,23-25,27-28H,8-9,12-13H2/t23-,24+,25+/m0/s1.